The summed E-state index contributed by atoms with van der Waals surface area (Å²) >= 11 is 0. The van der Waals surface area contributed by atoms with Gasteiger partial charge in [0.05, 0.1) is 28.9 Å². The van der Waals surface area contributed by atoms with Gasteiger partial charge in [0.1, 0.15) is 12.2 Å². The molecule has 1 aliphatic heterocycles. The Morgan fingerprint density at radius 3 is 3.00 bits per heavy atom. The number of halogens is 1. The van der Waals surface area contributed by atoms with Crippen LogP contribution >= 0.6 is 0 Å². The second kappa shape index (κ2) is 6.73. The number of aromatic nitrogens is 6. The topological polar surface area (TPSA) is 105 Å². The van der Waals surface area contributed by atoms with E-state index < -0.39 is 12.2 Å². The van der Waals surface area contributed by atoms with Crippen LogP contribution in [0, 0.1) is 0 Å². The summed E-state index contributed by atoms with van der Waals surface area (Å²) in [7, 11) is 0. The molecular formula is C21H20FN7O2. The molecule has 0 radical (unpaired) electrons. The number of hydrogen-bond acceptors (Lipinski definition) is 6. The molecule has 158 valence electrons. The Morgan fingerprint density at radius 1 is 1.32 bits per heavy atom. The lowest BCUT2D eigenvalue weighted by molar-refractivity contribution is 0.0644. The average Bonchev–Trinajstić information content (AvgIpc) is 3.19. The predicted molar refractivity (Wildman–Crippen MR) is 106 cm³/mol. The molecule has 2 atom stereocenters. The number of fused-ring (bicyclic) bond motifs is 2. The van der Waals surface area contributed by atoms with Crippen LogP contribution in [0.15, 0.2) is 35.0 Å². The van der Waals surface area contributed by atoms with E-state index in [2.05, 4.69) is 25.3 Å². The van der Waals surface area contributed by atoms with Crippen molar-refractivity contribution < 1.29 is 13.6 Å². The van der Waals surface area contributed by atoms with Crippen LogP contribution in [0.25, 0.3) is 5.52 Å². The molecule has 0 spiro atoms. The molecular weight excluding hydrogens is 401 g/mol. The van der Waals surface area contributed by atoms with Crippen molar-refractivity contribution in [1.82, 2.24) is 34.7 Å². The fraction of sp³-hybridized carbons (Fsp3) is 0.381. The zero-order chi connectivity index (χ0) is 21.1. The number of pyridine rings is 1. The van der Waals surface area contributed by atoms with Crippen molar-refractivity contribution in [2.24, 2.45) is 0 Å². The van der Waals surface area contributed by atoms with Gasteiger partial charge in [-0.15, -0.1) is 10.2 Å². The summed E-state index contributed by atoms with van der Waals surface area (Å²) in [6, 6.07) is 6.69. The van der Waals surface area contributed by atoms with E-state index in [9.17, 15) is 9.18 Å². The smallest absolute Gasteiger partial charge is 0.312 e. The Morgan fingerprint density at radius 2 is 2.19 bits per heavy atom. The Bertz CT molecular complexity index is 1290. The van der Waals surface area contributed by atoms with Gasteiger partial charge in [0, 0.05) is 24.6 Å². The van der Waals surface area contributed by atoms with E-state index in [4.69, 9.17) is 4.42 Å². The van der Waals surface area contributed by atoms with Crippen molar-refractivity contribution in [3.8, 4) is 0 Å². The molecule has 9 nitrogen and oxygen atoms in total. The number of carbonyl (C=O) groups is 1. The Labute approximate surface area is 176 Å². The number of imidazole rings is 1. The molecule has 2 aliphatic rings. The minimum absolute atomic E-state index is 0.0206. The lowest BCUT2D eigenvalue weighted by Crippen LogP contribution is -2.41. The summed E-state index contributed by atoms with van der Waals surface area (Å²) in [5.41, 5.74) is 3.48. The van der Waals surface area contributed by atoms with Gasteiger partial charge in [-0.05, 0) is 38.0 Å². The van der Waals surface area contributed by atoms with Crippen molar-refractivity contribution in [1.29, 1.82) is 0 Å². The molecule has 4 aromatic heterocycles. The molecule has 1 N–H and O–H groups in total. The normalized spacial score (nSPS) is 19.5. The number of hydrogen-bond donors (Lipinski definition) is 1. The van der Waals surface area contributed by atoms with Crippen LogP contribution in [0.1, 0.15) is 77.2 Å². The first-order valence-electron chi connectivity index (χ1n) is 10.4. The number of amides is 1. The first-order valence-corrected chi connectivity index (χ1v) is 10.4. The van der Waals surface area contributed by atoms with E-state index in [0.29, 0.717) is 30.2 Å². The summed E-state index contributed by atoms with van der Waals surface area (Å²) in [6.07, 6.45) is 3.08. The van der Waals surface area contributed by atoms with Crippen LogP contribution < -0.4 is 0 Å². The van der Waals surface area contributed by atoms with E-state index in [-0.39, 0.29) is 17.7 Å². The maximum atomic E-state index is 14.1. The van der Waals surface area contributed by atoms with Gasteiger partial charge in [-0.1, -0.05) is 6.07 Å². The number of rotatable bonds is 4. The average molecular weight is 421 g/mol. The first-order chi connectivity index (χ1) is 15.1. The van der Waals surface area contributed by atoms with E-state index in [1.165, 1.54) is 6.92 Å². The number of carbonyl (C=O) groups excluding carboxylic acids is 1. The molecule has 1 amide bonds. The zero-order valence-electron chi connectivity index (χ0n) is 16.8. The van der Waals surface area contributed by atoms with Crippen LogP contribution in [0.2, 0.25) is 0 Å². The third-order valence-electron chi connectivity index (χ3n) is 5.96. The third kappa shape index (κ3) is 2.93. The predicted octanol–water partition coefficient (Wildman–Crippen LogP) is 3.14. The summed E-state index contributed by atoms with van der Waals surface area (Å²) < 4.78 is 21.4. The van der Waals surface area contributed by atoms with Gasteiger partial charge >= 0.3 is 11.8 Å². The standard InChI is InChI=1S/C21H20FN7O2/c1-11(22)16-4-2-3-13-9-15(27-29(13)16)18-17-14(23-10-24-17)7-8-28(18)21(30)20-26-25-19(31-20)12-5-6-12/h2-4,9-12,18H,5-8H2,1H3,(H,23,24)/t11?,18-/m0/s1. The molecule has 0 aromatic carbocycles. The molecule has 5 heterocycles. The van der Waals surface area contributed by atoms with Crippen molar-refractivity contribution >= 4 is 11.4 Å². The van der Waals surface area contributed by atoms with Crippen LogP contribution in [-0.2, 0) is 6.42 Å². The van der Waals surface area contributed by atoms with Crippen molar-refractivity contribution in [2.75, 3.05) is 6.54 Å². The van der Waals surface area contributed by atoms with Gasteiger partial charge in [0.15, 0.2) is 0 Å². The molecule has 10 heteroatoms. The number of H-pyrrole nitrogens is 1. The molecule has 6 rings (SSSR count). The third-order valence-corrected chi connectivity index (χ3v) is 5.96. The molecule has 31 heavy (non-hydrogen) atoms. The summed E-state index contributed by atoms with van der Waals surface area (Å²) in [5, 5.41) is 12.7. The SMILES string of the molecule is CC(F)c1cccc2cc([C@H]3c4nc[nH]c4CCN3C(=O)c3nnc(C4CC4)o3)nn12. The van der Waals surface area contributed by atoms with Crippen LogP contribution in [0.5, 0.6) is 0 Å². The first kappa shape index (κ1) is 18.2. The van der Waals surface area contributed by atoms with Gasteiger partial charge in [0.25, 0.3) is 0 Å². The number of nitrogens with zero attached hydrogens (tertiary/aromatic N) is 6. The molecule has 0 bridgehead atoms. The molecule has 1 saturated carbocycles. The molecule has 1 unspecified atom stereocenters. The fourth-order valence-electron chi connectivity index (χ4n) is 4.22. The summed E-state index contributed by atoms with van der Waals surface area (Å²) in [5.74, 6) is 0.414. The van der Waals surface area contributed by atoms with Crippen LogP contribution in [-0.4, -0.2) is 47.1 Å². The highest BCUT2D eigenvalue weighted by Crippen LogP contribution is 2.40. The molecule has 4 aromatic rings. The van der Waals surface area contributed by atoms with E-state index in [1.807, 2.05) is 12.1 Å². The zero-order valence-corrected chi connectivity index (χ0v) is 16.8. The number of alkyl halides is 1. The Kier molecular flexibility index (Phi) is 3.95. The second-order valence-electron chi connectivity index (χ2n) is 8.11. The largest absolute Gasteiger partial charge is 0.417 e. The van der Waals surface area contributed by atoms with Gasteiger partial charge in [-0.2, -0.15) is 5.10 Å². The van der Waals surface area contributed by atoms with E-state index in [0.717, 1.165) is 29.7 Å². The fourth-order valence-corrected chi connectivity index (χ4v) is 4.22. The van der Waals surface area contributed by atoms with Crippen molar-refractivity contribution in [2.45, 2.75) is 44.3 Å². The highest BCUT2D eigenvalue weighted by atomic mass is 19.1. The number of aromatic amines is 1. The molecule has 1 fully saturated rings. The highest BCUT2D eigenvalue weighted by molar-refractivity contribution is 5.90. The van der Waals surface area contributed by atoms with Gasteiger partial charge in [-0.25, -0.2) is 13.9 Å². The van der Waals surface area contributed by atoms with Crippen LogP contribution in [0.4, 0.5) is 4.39 Å². The number of nitrogens with one attached hydrogen (secondary N) is 1. The van der Waals surface area contributed by atoms with Crippen molar-refractivity contribution in [3.63, 3.8) is 0 Å². The second-order valence-corrected chi connectivity index (χ2v) is 8.11. The summed E-state index contributed by atoms with van der Waals surface area (Å²) in [4.78, 5) is 22.6. The monoisotopic (exact) mass is 421 g/mol. The minimum atomic E-state index is -1.18. The highest BCUT2D eigenvalue weighted by Gasteiger charge is 2.39. The Hall–Kier alpha value is -3.56. The lowest BCUT2D eigenvalue weighted by atomic mass is 9.99. The van der Waals surface area contributed by atoms with Gasteiger partial charge in [0.2, 0.25) is 5.89 Å². The van der Waals surface area contributed by atoms with Gasteiger partial charge < -0.3 is 14.3 Å². The molecule has 0 saturated heterocycles. The lowest BCUT2D eigenvalue weighted by Gasteiger charge is -2.32. The van der Waals surface area contributed by atoms with E-state index >= 15 is 0 Å². The quantitative estimate of drug-likeness (QED) is 0.543. The molecule has 1 aliphatic carbocycles. The van der Waals surface area contributed by atoms with Crippen molar-refractivity contribution in [3.05, 3.63) is 65.1 Å². The minimum Gasteiger partial charge on any atom is -0.417 e. The maximum absolute atomic E-state index is 14.1. The summed E-state index contributed by atoms with van der Waals surface area (Å²) in [6.45, 7) is 1.92. The maximum Gasteiger partial charge on any atom is 0.312 e. The van der Waals surface area contributed by atoms with E-state index in [1.54, 1.807) is 27.9 Å². The van der Waals surface area contributed by atoms with Gasteiger partial charge in [-0.3, -0.25) is 4.79 Å². The Balaban J connectivity index is 1.44. The van der Waals surface area contributed by atoms with Crippen LogP contribution in [0.3, 0.4) is 0 Å².